The van der Waals surface area contributed by atoms with Crippen LogP contribution in [0.15, 0.2) is 0 Å². The van der Waals surface area contributed by atoms with Gasteiger partial charge in [-0.2, -0.15) is 23.5 Å². The molecule has 2 fully saturated rings. The Hall–Kier alpha value is 1.20. The SMILES string of the molecule is Cl.Cl.NC1CCCN(C2CSCCSC2)C1. The predicted octanol–water partition coefficient (Wildman–Crippen LogP) is 2.10. The molecule has 0 saturated carbocycles. The van der Waals surface area contributed by atoms with Crippen LogP contribution in [0.3, 0.4) is 0 Å². The Morgan fingerprint density at radius 1 is 1.06 bits per heavy atom. The van der Waals surface area contributed by atoms with Crippen LogP contribution in [-0.4, -0.2) is 53.1 Å². The molecule has 2 aliphatic heterocycles. The van der Waals surface area contributed by atoms with Crippen LogP contribution in [0.25, 0.3) is 0 Å². The van der Waals surface area contributed by atoms with Gasteiger partial charge in [0.05, 0.1) is 0 Å². The Bertz CT molecular complexity index is 178. The van der Waals surface area contributed by atoms with E-state index in [0.29, 0.717) is 6.04 Å². The van der Waals surface area contributed by atoms with Crippen molar-refractivity contribution in [3.63, 3.8) is 0 Å². The summed E-state index contributed by atoms with van der Waals surface area (Å²) in [5, 5.41) is 0. The molecule has 6 heteroatoms. The molecule has 0 radical (unpaired) electrons. The molecule has 2 N–H and O–H groups in total. The van der Waals surface area contributed by atoms with E-state index in [9.17, 15) is 0 Å². The number of halogens is 2. The molecule has 0 aliphatic carbocycles. The summed E-state index contributed by atoms with van der Waals surface area (Å²) < 4.78 is 0. The molecule has 98 valence electrons. The standard InChI is InChI=1S/C10H20N2S2.2ClH/c11-9-2-1-3-12(6-9)10-7-13-4-5-14-8-10;;/h9-10H,1-8,11H2;2*1H. The second kappa shape index (κ2) is 9.17. The molecule has 1 atom stereocenters. The number of hydrogen-bond donors (Lipinski definition) is 1. The first-order valence-electron chi connectivity index (χ1n) is 5.51. The Morgan fingerprint density at radius 3 is 2.25 bits per heavy atom. The number of thioether (sulfide) groups is 2. The first kappa shape index (κ1) is 17.2. The van der Waals surface area contributed by atoms with Gasteiger partial charge in [-0.25, -0.2) is 0 Å². The second-order valence-electron chi connectivity index (χ2n) is 4.20. The summed E-state index contributed by atoms with van der Waals surface area (Å²) in [4.78, 5) is 2.62. The normalized spacial score (nSPS) is 28.7. The molecule has 2 saturated heterocycles. The third-order valence-corrected chi connectivity index (χ3v) is 5.48. The van der Waals surface area contributed by atoms with E-state index >= 15 is 0 Å². The molecule has 0 spiro atoms. The number of likely N-dealkylation sites (tertiary alicyclic amines) is 1. The van der Waals surface area contributed by atoms with Gasteiger partial charge in [-0.05, 0) is 19.4 Å². The van der Waals surface area contributed by atoms with Crippen molar-refractivity contribution in [1.29, 1.82) is 0 Å². The number of piperidine rings is 1. The summed E-state index contributed by atoms with van der Waals surface area (Å²) in [5.41, 5.74) is 6.02. The van der Waals surface area contributed by atoms with Gasteiger partial charge in [-0.1, -0.05) is 0 Å². The summed E-state index contributed by atoms with van der Waals surface area (Å²) in [5.74, 6) is 5.31. The summed E-state index contributed by atoms with van der Waals surface area (Å²) in [6.07, 6.45) is 2.52. The second-order valence-corrected chi connectivity index (χ2v) is 6.50. The zero-order valence-corrected chi connectivity index (χ0v) is 12.7. The molecule has 0 aromatic carbocycles. The molecule has 0 bridgehead atoms. The summed E-state index contributed by atoms with van der Waals surface area (Å²) in [7, 11) is 0. The summed E-state index contributed by atoms with van der Waals surface area (Å²) in [6, 6.07) is 1.22. The highest BCUT2D eigenvalue weighted by Crippen LogP contribution is 2.22. The van der Waals surface area contributed by atoms with Crippen LogP contribution in [0.4, 0.5) is 0 Å². The van der Waals surface area contributed by atoms with Crippen LogP contribution in [-0.2, 0) is 0 Å². The zero-order chi connectivity index (χ0) is 9.80. The lowest BCUT2D eigenvalue weighted by atomic mass is 10.1. The Kier molecular flexibility index (Phi) is 9.86. The van der Waals surface area contributed by atoms with Crippen molar-refractivity contribution < 1.29 is 0 Å². The number of hydrogen-bond acceptors (Lipinski definition) is 4. The van der Waals surface area contributed by atoms with Crippen molar-refractivity contribution in [2.24, 2.45) is 5.73 Å². The van der Waals surface area contributed by atoms with E-state index in [0.717, 1.165) is 12.6 Å². The topological polar surface area (TPSA) is 29.3 Å². The summed E-state index contributed by atoms with van der Waals surface area (Å²) in [6.45, 7) is 2.41. The van der Waals surface area contributed by atoms with Crippen LogP contribution in [0, 0.1) is 0 Å². The smallest absolute Gasteiger partial charge is 0.0277 e. The van der Waals surface area contributed by atoms with E-state index in [4.69, 9.17) is 5.73 Å². The van der Waals surface area contributed by atoms with Crippen molar-refractivity contribution >= 4 is 48.3 Å². The van der Waals surface area contributed by atoms with Gasteiger partial charge in [0, 0.05) is 41.6 Å². The molecule has 2 aliphatic rings. The molecule has 2 rings (SSSR count). The number of nitrogens with two attached hydrogens (primary N) is 1. The molecule has 0 aromatic rings. The maximum atomic E-state index is 6.02. The van der Waals surface area contributed by atoms with Gasteiger partial charge in [-0.15, -0.1) is 24.8 Å². The fraction of sp³-hybridized carbons (Fsp3) is 1.00. The quantitative estimate of drug-likeness (QED) is 0.803. The van der Waals surface area contributed by atoms with Gasteiger partial charge in [0.1, 0.15) is 0 Å². The molecule has 0 amide bonds. The largest absolute Gasteiger partial charge is 0.327 e. The Labute approximate surface area is 120 Å². The molecule has 1 unspecified atom stereocenters. The van der Waals surface area contributed by atoms with E-state index in [2.05, 4.69) is 28.4 Å². The summed E-state index contributed by atoms with van der Waals surface area (Å²) >= 11 is 4.23. The van der Waals surface area contributed by atoms with Gasteiger partial charge in [0.25, 0.3) is 0 Å². The minimum absolute atomic E-state index is 0. The molecular weight excluding hydrogens is 283 g/mol. The molecular formula is C10H22Cl2N2S2. The fourth-order valence-corrected chi connectivity index (χ4v) is 4.81. The van der Waals surface area contributed by atoms with E-state index in [1.165, 1.54) is 42.4 Å². The minimum Gasteiger partial charge on any atom is -0.327 e. The first-order valence-corrected chi connectivity index (χ1v) is 7.82. The molecule has 16 heavy (non-hydrogen) atoms. The van der Waals surface area contributed by atoms with E-state index in [1.807, 2.05) is 0 Å². The van der Waals surface area contributed by atoms with Crippen molar-refractivity contribution in [2.45, 2.75) is 24.9 Å². The monoisotopic (exact) mass is 304 g/mol. The van der Waals surface area contributed by atoms with Crippen LogP contribution in [0.2, 0.25) is 0 Å². The van der Waals surface area contributed by atoms with Crippen molar-refractivity contribution in [3.8, 4) is 0 Å². The fourth-order valence-electron chi connectivity index (χ4n) is 2.19. The number of nitrogens with zero attached hydrogens (tertiary/aromatic N) is 1. The molecule has 2 heterocycles. The third-order valence-electron chi connectivity index (χ3n) is 3.00. The highest BCUT2D eigenvalue weighted by atomic mass is 35.5. The lowest BCUT2D eigenvalue weighted by molar-refractivity contribution is 0.174. The molecule has 2 nitrogen and oxygen atoms in total. The first-order chi connectivity index (χ1) is 6.86. The van der Waals surface area contributed by atoms with E-state index < -0.39 is 0 Å². The van der Waals surface area contributed by atoms with Crippen LogP contribution in [0.5, 0.6) is 0 Å². The lowest BCUT2D eigenvalue weighted by Gasteiger charge is -2.36. The van der Waals surface area contributed by atoms with Crippen molar-refractivity contribution in [3.05, 3.63) is 0 Å². The lowest BCUT2D eigenvalue weighted by Crippen LogP contribution is -2.49. The maximum absolute atomic E-state index is 6.02. The Morgan fingerprint density at radius 2 is 1.69 bits per heavy atom. The highest BCUT2D eigenvalue weighted by Gasteiger charge is 2.24. The van der Waals surface area contributed by atoms with Crippen molar-refractivity contribution in [1.82, 2.24) is 4.90 Å². The van der Waals surface area contributed by atoms with Crippen molar-refractivity contribution in [2.75, 3.05) is 36.1 Å². The van der Waals surface area contributed by atoms with Gasteiger partial charge in [0.2, 0.25) is 0 Å². The van der Waals surface area contributed by atoms with Crippen LogP contribution < -0.4 is 5.73 Å². The maximum Gasteiger partial charge on any atom is 0.0277 e. The average Bonchev–Trinajstić information content (AvgIpc) is 2.45. The van der Waals surface area contributed by atoms with Crippen LogP contribution >= 0.6 is 48.3 Å². The predicted molar refractivity (Wildman–Crippen MR) is 81.7 cm³/mol. The van der Waals surface area contributed by atoms with Gasteiger partial charge in [0.15, 0.2) is 0 Å². The van der Waals surface area contributed by atoms with Gasteiger partial charge < -0.3 is 5.73 Å². The molecule has 0 aromatic heterocycles. The Balaban J connectivity index is 0.00000112. The van der Waals surface area contributed by atoms with Gasteiger partial charge >= 0.3 is 0 Å². The minimum atomic E-state index is 0. The average molecular weight is 305 g/mol. The van der Waals surface area contributed by atoms with E-state index in [1.54, 1.807) is 0 Å². The van der Waals surface area contributed by atoms with E-state index in [-0.39, 0.29) is 24.8 Å². The highest BCUT2D eigenvalue weighted by molar-refractivity contribution is 8.03. The van der Waals surface area contributed by atoms with Gasteiger partial charge in [-0.3, -0.25) is 4.90 Å². The zero-order valence-electron chi connectivity index (χ0n) is 9.47. The number of rotatable bonds is 1. The third kappa shape index (κ3) is 5.23. The van der Waals surface area contributed by atoms with Crippen LogP contribution in [0.1, 0.15) is 12.8 Å².